The molecule has 0 bridgehead atoms. The number of nitrogens with zero attached hydrogens (tertiary/aromatic N) is 2. The molecule has 0 radical (unpaired) electrons. The van der Waals surface area contributed by atoms with E-state index in [1.807, 2.05) is 6.20 Å². The summed E-state index contributed by atoms with van der Waals surface area (Å²) in [6.45, 7) is 7.19. The average Bonchev–Trinajstić information content (AvgIpc) is 3.14. The lowest BCUT2D eigenvalue weighted by Crippen LogP contribution is -2.38. The Hall–Kier alpha value is -1.42. The summed E-state index contributed by atoms with van der Waals surface area (Å²) >= 11 is 1.78. The zero-order valence-corrected chi connectivity index (χ0v) is 19.7. The van der Waals surface area contributed by atoms with Gasteiger partial charge >= 0.3 is 0 Å². The SMILES string of the molecule is CCNC(=NCCCCOc1ccc(F)cc1)NCCc1ncc(CC)s1.I. The highest BCUT2D eigenvalue weighted by molar-refractivity contribution is 14.0. The fourth-order valence-electron chi connectivity index (χ4n) is 2.38. The van der Waals surface area contributed by atoms with Gasteiger partial charge in [0.1, 0.15) is 11.6 Å². The molecule has 5 nitrogen and oxygen atoms in total. The van der Waals surface area contributed by atoms with Crippen molar-refractivity contribution in [3.05, 3.63) is 46.2 Å². The maximum atomic E-state index is 12.8. The number of ether oxygens (including phenoxy) is 1. The van der Waals surface area contributed by atoms with E-state index in [0.29, 0.717) is 12.4 Å². The van der Waals surface area contributed by atoms with Gasteiger partial charge in [-0.05, 0) is 50.5 Å². The number of unbranched alkanes of at least 4 members (excludes halogenated alkanes) is 1. The first-order chi connectivity index (χ1) is 13.2. The number of aliphatic imine (C=N–C) groups is 1. The van der Waals surface area contributed by atoms with Gasteiger partial charge in [0.2, 0.25) is 0 Å². The summed E-state index contributed by atoms with van der Waals surface area (Å²) in [7, 11) is 0. The molecule has 0 aliphatic rings. The van der Waals surface area contributed by atoms with E-state index in [1.165, 1.54) is 17.0 Å². The number of rotatable bonds is 11. The molecular weight excluding hydrogens is 490 g/mol. The van der Waals surface area contributed by atoms with Crippen molar-refractivity contribution in [2.75, 3.05) is 26.2 Å². The monoisotopic (exact) mass is 520 g/mol. The third-order valence-electron chi connectivity index (χ3n) is 3.83. The molecule has 0 amide bonds. The fraction of sp³-hybridized carbons (Fsp3) is 0.500. The summed E-state index contributed by atoms with van der Waals surface area (Å²) < 4.78 is 18.4. The van der Waals surface area contributed by atoms with Crippen molar-refractivity contribution in [2.24, 2.45) is 4.99 Å². The van der Waals surface area contributed by atoms with Gasteiger partial charge in [0.05, 0.1) is 11.6 Å². The molecule has 2 N–H and O–H groups in total. The number of benzene rings is 1. The number of aromatic nitrogens is 1. The first-order valence-corrected chi connectivity index (χ1v) is 10.4. The highest BCUT2D eigenvalue weighted by Crippen LogP contribution is 2.13. The van der Waals surface area contributed by atoms with E-state index in [0.717, 1.165) is 56.3 Å². The van der Waals surface area contributed by atoms with Gasteiger partial charge in [0.25, 0.3) is 0 Å². The van der Waals surface area contributed by atoms with Crippen molar-refractivity contribution in [1.82, 2.24) is 15.6 Å². The Kier molecular flexibility index (Phi) is 12.8. The van der Waals surface area contributed by atoms with Gasteiger partial charge in [-0.15, -0.1) is 35.3 Å². The molecule has 1 aromatic heterocycles. The number of halogens is 2. The second-order valence-corrected chi connectivity index (χ2v) is 7.22. The maximum absolute atomic E-state index is 12.8. The molecule has 156 valence electrons. The Morgan fingerprint density at radius 2 is 1.96 bits per heavy atom. The fourth-order valence-corrected chi connectivity index (χ4v) is 3.24. The van der Waals surface area contributed by atoms with Gasteiger partial charge in [0, 0.05) is 37.1 Å². The third kappa shape index (κ3) is 9.68. The number of aryl methyl sites for hydroxylation is 1. The smallest absolute Gasteiger partial charge is 0.191 e. The zero-order chi connectivity index (χ0) is 19.3. The lowest BCUT2D eigenvalue weighted by atomic mass is 10.3. The second kappa shape index (κ2) is 14.6. The van der Waals surface area contributed by atoms with Crippen molar-refractivity contribution in [2.45, 2.75) is 39.5 Å². The highest BCUT2D eigenvalue weighted by Gasteiger charge is 2.02. The predicted octanol–water partition coefficient (Wildman–Crippen LogP) is 4.42. The predicted molar refractivity (Wildman–Crippen MR) is 126 cm³/mol. The average molecular weight is 520 g/mol. The summed E-state index contributed by atoms with van der Waals surface area (Å²) in [5.41, 5.74) is 0. The van der Waals surface area contributed by atoms with Crippen LogP contribution in [0.15, 0.2) is 35.5 Å². The topological polar surface area (TPSA) is 58.5 Å². The first kappa shape index (κ1) is 24.6. The molecule has 0 atom stereocenters. The largest absolute Gasteiger partial charge is 0.494 e. The van der Waals surface area contributed by atoms with Crippen LogP contribution in [0.5, 0.6) is 5.75 Å². The Morgan fingerprint density at radius 1 is 1.18 bits per heavy atom. The third-order valence-corrected chi connectivity index (χ3v) is 5.03. The summed E-state index contributed by atoms with van der Waals surface area (Å²) in [5, 5.41) is 7.78. The summed E-state index contributed by atoms with van der Waals surface area (Å²) in [6.07, 6.45) is 5.75. The molecule has 0 saturated carbocycles. The first-order valence-electron chi connectivity index (χ1n) is 9.55. The second-order valence-electron chi connectivity index (χ2n) is 6.02. The maximum Gasteiger partial charge on any atom is 0.191 e. The van der Waals surface area contributed by atoms with Crippen LogP contribution in [0.1, 0.15) is 36.6 Å². The van der Waals surface area contributed by atoms with Crippen LogP contribution in [0.2, 0.25) is 0 Å². The van der Waals surface area contributed by atoms with Gasteiger partial charge < -0.3 is 15.4 Å². The van der Waals surface area contributed by atoms with E-state index < -0.39 is 0 Å². The van der Waals surface area contributed by atoms with Gasteiger partial charge in [-0.3, -0.25) is 4.99 Å². The standard InChI is InChI=1S/C20H29FN4OS.HI/c1-3-18-15-25-19(27-18)11-13-24-20(22-4-2)23-12-5-6-14-26-17-9-7-16(21)8-10-17;/h7-10,15H,3-6,11-14H2,1-2H3,(H2,22,23,24);1H. The zero-order valence-electron chi connectivity index (χ0n) is 16.5. The lowest BCUT2D eigenvalue weighted by Gasteiger charge is -2.10. The molecule has 1 heterocycles. The quantitative estimate of drug-likeness (QED) is 0.199. The number of hydrogen-bond acceptors (Lipinski definition) is 4. The number of thiazole rings is 1. The Morgan fingerprint density at radius 3 is 2.64 bits per heavy atom. The van der Waals surface area contributed by atoms with E-state index in [-0.39, 0.29) is 29.8 Å². The van der Waals surface area contributed by atoms with Crippen molar-refractivity contribution in [3.8, 4) is 5.75 Å². The van der Waals surface area contributed by atoms with E-state index >= 15 is 0 Å². The van der Waals surface area contributed by atoms with Crippen molar-refractivity contribution < 1.29 is 9.13 Å². The van der Waals surface area contributed by atoms with Crippen LogP contribution in [0.25, 0.3) is 0 Å². The molecule has 1 aromatic carbocycles. The van der Waals surface area contributed by atoms with Crippen LogP contribution < -0.4 is 15.4 Å². The molecule has 28 heavy (non-hydrogen) atoms. The van der Waals surface area contributed by atoms with E-state index in [9.17, 15) is 4.39 Å². The number of hydrogen-bond donors (Lipinski definition) is 2. The minimum absolute atomic E-state index is 0. The molecule has 0 saturated heterocycles. The van der Waals surface area contributed by atoms with E-state index in [4.69, 9.17) is 4.74 Å². The van der Waals surface area contributed by atoms with Crippen molar-refractivity contribution in [1.29, 1.82) is 0 Å². The lowest BCUT2D eigenvalue weighted by molar-refractivity contribution is 0.307. The Bertz CT molecular complexity index is 694. The Labute approximate surface area is 188 Å². The molecule has 2 rings (SSSR count). The van der Waals surface area contributed by atoms with E-state index in [1.54, 1.807) is 23.5 Å². The Balaban J connectivity index is 0.00000392. The van der Waals surface area contributed by atoms with Crippen LogP contribution in [0.3, 0.4) is 0 Å². The molecule has 2 aromatic rings. The summed E-state index contributed by atoms with van der Waals surface area (Å²) in [4.78, 5) is 10.4. The van der Waals surface area contributed by atoms with Crippen LogP contribution in [0, 0.1) is 5.82 Å². The van der Waals surface area contributed by atoms with Gasteiger partial charge in [-0.1, -0.05) is 6.92 Å². The summed E-state index contributed by atoms with van der Waals surface area (Å²) in [6, 6.07) is 6.10. The molecule has 0 aliphatic carbocycles. The van der Waals surface area contributed by atoms with Gasteiger partial charge in [-0.25, -0.2) is 9.37 Å². The number of nitrogens with one attached hydrogen (secondary N) is 2. The van der Waals surface area contributed by atoms with E-state index in [2.05, 4.69) is 34.5 Å². The molecule has 0 fully saturated rings. The molecule has 0 aliphatic heterocycles. The number of guanidine groups is 1. The molecular formula is C20H30FIN4OS. The minimum Gasteiger partial charge on any atom is -0.494 e. The normalized spacial score (nSPS) is 11.0. The van der Waals surface area contributed by atoms with Crippen LogP contribution in [-0.2, 0) is 12.8 Å². The van der Waals surface area contributed by atoms with Crippen molar-refractivity contribution in [3.63, 3.8) is 0 Å². The van der Waals surface area contributed by atoms with Gasteiger partial charge in [0.15, 0.2) is 5.96 Å². The van der Waals surface area contributed by atoms with Crippen molar-refractivity contribution >= 4 is 41.3 Å². The molecule has 0 unspecified atom stereocenters. The molecule has 8 heteroatoms. The molecule has 0 spiro atoms. The van der Waals surface area contributed by atoms with Gasteiger partial charge in [-0.2, -0.15) is 0 Å². The van der Waals surface area contributed by atoms with Crippen LogP contribution in [0.4, 0.5) is 4.39 Å². The van der Waals surface area contributed by atoms with Crippen LogP contribution >= 0.6 is 35.3 Å². The van der Waals surface area contributed by atoms with Crippen LogP contribution in [-0.4, -0.2) is 37.2 Å². The minimum atomic E-state index is -0.249. The summed E-state index contributed by atoms with van der Waals surface area (Å²) in [5.74, 6) is 1.29. The highest BCUT2D eigenvalue weighted by atomic mass is 127.